The van der Waals surface area contributed by atoms with E-state index in [2.05, 4.69) is 13.8 Å². The second-order valence-electron chi connectivity index (χ2n) is 15.8. The number of epoxide rings is 1. The van der Waals surface area contributed by atoms with E-state index in [1.807, 2.05) is 26.8 Å². The Morgan fingerprint density at radius 2 is 1.82 bits per heavy atom. The van der Waals surface area contributed by atoms with E-state index in [1.54, 1.807) is 6.26 Å². The molecule has 240 valence electrons. The second-order valence-corrected chi connectivity index (χ2v) is 15.8. The number of hydrogen-bond acceptors (Lipinski definition) is 10. The van der Waals surface area contributed by atoms with Crippen LogP contribution in [0.25, 0.3) is 0 Å². The fraction of sp³-hybridized carbons (Fsp3) is 0.794. The first-order valence-electron chi connectivity index (χ1n) is 16.4. The highest BCUT2D eigenvalue weighted by Crippen LogP contribution is 2.82. The molecule has 7 fully saturated rings. The fourth-order valence-corrected chi connectivity index (χ4v) is 12.2. The Kier molecular flexibility index (Phi) is 5.93. The van der Waals surface area contributed by atoms with Gasteiger partial charge in [-0.2, -0.15) is 0 Å². The first kappa shape index (κ1) is 29.2. The quantitative estimate of drug-likeness (QED) is 0.363. The van der Waals surface area contributed by atoms with Gasteiger partial charge in [-0.1, -0.05) is 27.2 Å². The van der Waals surface area contributed by atoms with Crippen LogP contribution in [0.2, 0.25) is 0 Å². The number of ether oxygens (including phenoxy) is 4. The van der Waals surface area contributed by atoms with Crippen LogP contribution in [-0.2, 0) is 39.8 Å². The molecule has 0 radical (unpaired) electrons. The number of hydrogen-bond donors (Lipinski definition) is 2. The average molecular weight is 613 g/mol. The van der Waals surface area contributed by atoms with E-state index in [9.17, 15) is 24.6 Å². The van der Waals surface area contributed by atoms with Gasteiger partial charge in [0.05, 0.1) is 29.8 Å². The van der Waals surface area contributed by atoms with Gasteiger partial charge in [0.15, 0.2) is 11.9 Å². The normalized spacial score (nSPS) is 50.0. The number of cyclic esters (lactones) is 2. The van der Waals surface area contributed by atoms with Crippen molar-refractivity contribution in [2.24, 2.45) is 45.8 Å². The summed E-state index contributed by atoms with van der Waals surface area (Å²) in [4.78, 5) is 41.6. The highest BCUT2D eigenvalue weighted by Gasteiger charge is 2.92. The number of esters is 2. The fourth-order valence-electron chi connectivity index (χ4n) is 12.2. The van der Waals surface area contributed by atoms with Crippen molar-refractivity contribution in [1.29, 1.82) is 0 Å². The minimum Gasteiger partial charge on any atom is -0.469 e. The molecule has 1 aromatic heterocycles. The minimum atomic E-state index is -1.41. The molecule has 13 unspecified atom stereocenters. The third kappa shape index (κ3) is 3.10. The van der Waals surface area contributed by atoms with Crippen molar-refractivity contribution < 1.29 is 48.0 Å². The number of aliphatic hydroxyl groups is 2. The van der Waals surface area contributed by atoms with Gasteiger partial charge in [-0.3, -0.25) is 9.59 Å². The van der Waals surface area contributed by atoms with Crippen molar-refractivity contribution in [2.75, 3.05) is 13.2 Å². The van der Waals surface area contributed by atoms with E-state index in [1.165, 1.54) is 0 Å². The van der Waals surface area contributed by atoms with E-state index < -0.39 is 69.7 Å². The Hall–Kier alpha value is -2.27. The van der Waals surface area contributed by atoms with Gasteiger partial charge < -0.3 is 33.6 Å². The molecule has 10 nitrogen and oxygen atoms in total. The number of carbonyl (C=O) groups is 3. The molecule has 2 spiro atoms. The standard InChI is InChI=1S/C34H44O10/c1-6-7-16(14-35)12-20-18(10-11-40-20)25-31(4)13-17-8-9-19-26-33(15-41-28(19)38)22(17)32(5,34(31)27(44-34)29(39)42-25)24(37)21(36)23(33)30(2,3)43-26/h10-11,16-17,19,22-27,35,37H,6-9,12-15H2,1-5H3. The summed E-state index contributed by atoms with van der Waals surface area (Å²) in [5, 5.41) is 22.4. The SMILES string of the molecule is CCCC(CO)Cc1occc1C1OC(=O)C2OC23C1(C)CC1CCC2C(=O)OCC45C2OC(C)(C)C4C(=O)C(O)C3(C)C15. The molecule has 44 heavy (non-hydrogen) atoms. The van der Waals surface area contributed by atoms with Crippen LogP contribution in [0.3, 0.4) is 0 Å². The first-order chi connectivity index (χ1) is 20.8. The largest absolute Gasteiger partial charge is 0.469 e. The molecule has 2 N–H and O–H groups in total. The monoisotopic (exact) mass is 612 g/mol. The van der Waals surface area contributed by atoms with Crippen molar-refractivity contribution in [3.8, 4) is 0 Å². The number of ketones is 1. The zero-order valence-corrected chi connectivity index (χ0v) is 26.2. The lowest BCUT2D eigenvalue weighted by molar-refractivity contribution is -0.266. The van der Waals surface area contributed by atoms with Crippen LogP contribution in [0.1, 0.15) is 84.2 Å². The summed E-state index contributed by atoms with van der Waals surface area (Å²) in [5.41, 5.74) is -4.19. The Balaban J connectivity index is 1.31. The highest BCUT2D eigenvalue weighted by atomic mass is 16.7. The Morgan fingerprint density at radius 3 is 2.55 bits per heavy atom. The van der Waals surface area contributed by atoms with E-state index in [0.29, 0.717) is 31.4 Å². The topological polar surface area (TPSA) is 145 Å². The van der Waals surface area contributed by atoms with Gasteiger partial charge >= 0.3 is 11.9 Å². The van der Waals surface area contributed by atoms with Crippen molar-refractivity contribution >= 4 is 17.7 Å². The van der Waals surface area contributed by atoms with Crippen molar-refractivity contribution in [3.05, 3.63) is 23.7 Å². The average Bonchev–Trinajstić information content (AvgIpc) is 3.55. The second kappa shape index (κ2) is 8.96. The van der Waals surface area contributed by atoms with Crippen LogP contribution in [0.4, 0.5) is 0 Å². The molecular formula is C34H44O10. The molecular weight excluding hydrogens is 568 g/mol. The lowest BCUT2D eigenvalue weighted by Gasteiger charge is -2.68. The van der Waals surface area contributed by atoms with Crippen LogP contribution in [-0.4, -0.2) is 70.7 Å². The predicted octanol–water partition coefficient (Wildman–Crippen LogP) is 3.31. The van der Waals surface area contributed by atoms with Crippen molar-refractivity contribution in [2.45, 2.75) is 109 Å². The molecule has 3 saturated carbocycles. The van der Waals surface area contributed by atoms with Gasteiger partial charge in [-0.15, -0.1) is 0 Å². The molecule has 5 heterocycles. The molecule has 0 aromatic carbocycles. The third-order valence-electron chi connectivity index (χ3n) is 13.5. The maximum atomic E-state index is 14.6. The van der Waals surface area contributed by atoms with Crippen LogP contribution in [0.15, 0.2) is 16.7 Å². The molecule has 2 bridgehead atoms. The van der Waals surface area contributed by atoms with Gasteiger partial charge in [0, 0.05) is 34.8 Å². The third-order valence-corrected chi connectivity index (χ3v) is 13.5. The lowest BCUT2D eigenvalue weighted by atomic mass is 9.34. The van der Waals surface area contributed by atoms with Gasteiger partial charge in [0.25, 0.3) is 0 Å². The zero-order chi connectivity index (χ0) is 31.2. The molecule has 4 saturated heterocycles. The van der Waals surface area contributed by atoms with Gasteiger partial charge in [0.2, 0.25) is 0 Å². The lowest BCUT2D eigenvalue weighted by Crippen LogP contribution is -2.77. The first-order valence-corrected chi connectivity index (χ1v) is 16.4. The van der Waals surface area contributed by atoms with E-state index >= 15 is 0 Å². The summed E-state index contributed by atoms with van der Waals surface area (Å²) < 4.78 is 31.4. The summed E-state index contributed by atoms with van der Waals surface area (Å²) >= 11 is 0. The predicted molar refractivity (Wildman–Crippen MR) is 152 cm³/mol. The van der Waals surface area contributed by atoms with Gasteiger partial charge in [-0.25, -0.2) is 4.79 Å². The van der Waals surface area contributed by atoms with Gasteiger partial charge in [-0.05, 0) is 63.4 Å². The van der Waals surface area contributed by atoms with E-state index in [0.717, 1.165) is 18.4 Å². The summed E-state index contributed by atoms with van der Waals surface area (Å²) in [7, 11) is 0. The summed E-state index contributed by atoms with van der Waals surface area (Å²) in [6, 6.07) is 1.84. The Labute approximate surface area is 257 Å². The summed E-state index contributed by atoms with van der Waals surface area (Å²) in [6.07, 6.45) is 2.09. The molecule has 3 aliphatic carbocycles. The molecule has 7 aliphatic rings. The number of furan rings is 1. The van der Waals surface area contributed by atoms with Crippen LogP contribution in [0, 0.1) is 45.8 Å². The summed E-state index contributed by atoms with van der Waals surface area (Å²) in [5.74, 6) is -1.94. The van der Waals surface area contributed by atoms with Crippen molar-refractivity contribution in [1.82, 2.24) is 0 Å². The van der Waals surface area contributed by atoms with Crippen LogP contribution in [0.5, 0.6) is 0 Å². The molecule has 4 aliphatic heterocycles. The Morgan fingerprint density at radius 1 is 1.05 bits per heavy atom. The molecule has 0 amide bonds. The molecule has 8 rings (SSSR count). The van der Waals surface area contributed by atoms with E-state index in [-0.39, 0.29) is 42.7 Å². The maximum absolute atomic E-state index is 14.6. The summed E-state index contributed by atoms with van der Waals surface area (Å²) in [6.45, 7) is 9.92. The van der Waals surface area contributed by atoms with E-state index in [4.69, 9.17) is 23.4 Å². The van der Waals surface area contributed by atoms with Crippen LogP contribution >= 0.6 is 0 Å². The minimum absolute atomic E-state index is 0.000643. The molecule has 1 aromatic rings. The molecule has 13 atom stereocenters. The smallest absolute Gasteiger partial charge is 0.339 e. The Bertz CT molecular complexity index is 1430. The number of rotatable bonds is 6. The molecule has 10 heteroatoms. The van der Waals surface area contributed by atoms with Gasteiger partial charge in [0.1, 0.15) is 30.2 Å². The number of aliphatic hydroxyl groups excluding tert-OH is 2. The number of carbonyl (C=O) groups excluding carboxylic acids is 3. The zero-order valence-electron chi connectivity index (χ0n) is 26.2. The van der Waals surface area contributed by atoms with Crippen molar-refractivity contribution in [3.63, 3.8) is 0 Å². The maximum Gasteiger partial charge on any atom is 0.339 e. The number of Topliss-reactive ketones (excluding diaryl/α,β-unsaturated/α-hetero) is 1. The van der Waals surface area contributed by atoms with Crippen LogP contribution < -0.4 is 0 Å². The highest BCUT2D eigenvalue weighted by molar-refractivity contribution is 5.92.